The Morgan fingerprint density at radius 3 is 2.81 bits per heavy atom. The third-order valence-electron chi connectivity index (χ3n) is 4.72. The summed E-state index contributed by atoms with van der Waals surface area (Å²) >= 11 is 1.58. The number of aromatic nitrogens is 3. The third-order valence-corrected chi connectivity index (χ3v) is 5.65. The zero-order valence-electron chi connectivity index (χ0n) is 15.2. The Bertz CT molecular complexity index is 937. The van der Waals surface area contributed by atoms with E-state index in [2.05, 4.69) is 49.1 Å². The quantitative estimate of drug-likeness (QED) is 0.611. The summed E-state index contributed by atoms with van der Waals surface area (Å²) in [7, 11) is 0. The predicted molar refractivity (Wildman–Crippen MR) is 110 cm³/mol. The van der Waals surface area contributed by atoms with E-state index in [1.807, 2.05) is 6.07 Å². The minimum Gasteiger partial charge on any atom is -0.395 e. The molecule has 27 heavy (non-hydrogen) atoms. The van der Waals surface area contributed by atoms with Crippen LogP contribution in [0.1, 0.15) is 5.56 Å². The molecule has 0 unspecified atom stereocenters. The molecule has 0 spiro atoms. The van der Waals surface area contributed by atoms with Gasteiger partial charge in [0.2, 0.25) is 0 Å². The number of β-amino-alcohol motifs (C(OH)–C–C–N with tert-alkyl or cyclic N) is 1. The number of piperazine rings is 1. The van der Waals surface area contributed by atoms with Gasteiger partial charge >= 0.3 is 0 Å². The number of thiazole rings is 1. The number of aliphatic hydroxyl groups excluding tert-OH is 1. The summed E-state index contributed by atoms with van der Waals surface area (Å²) in [6.07, 6.45) is 1.53. The number of benzene rings is 1. The zero-order chi connectivity index (χ0) is 18.8. The summed E-state index contributed by atoms with van der Waals surface area (Å²) in [5.74, 6) is 1.32. The van der Waals surface area contributed by atoms with Gasteiger partial charge in [-0.05, 0) is 24.6 Å². The monoisotopic (exact) mass is 385 g/mol. The molecule has 1 aliphatic heterocycles. The molecule has 0 amide bonds. The molecule has 0 atom stereocenters. The van der Waals surface area contributed by atoms with Crippen LogP contribution < -0.4 is 16.0 Å². The van der Waals surface area contributed by atoms with Crippen molar-refractivity contribution >= 4 is 44.0 Å². The van der Waals surface area contributed by atoms with Crippen LogP contribution in [-0.4, -0.2) is 64.3 Å². The fourth-order valence-electron chi connectivity index (χ4n) is 3.25. The van der Waals surface area contributed by atoms with Gasteiger partial charge in [0.15, 0.2) is 16.8 Å². The van der Waals surface area contributed by atoms with E-state index in [-0.39, 0.29) is 6.61 Å². The van der Waals surface area contributed by atoms with E-state index in [0.29, 0.717) is 18.1 Å². The second kappa shape index (κ2) is 7.63. The van der Waals surface area contributed by atoms with Crippen LogP contribution in [0.15, 0.2) is 24.5 Å². The van der Waals surface area contributed by atoms with Gasteiger partial charge in [-0.1, -0.05) is 17.4 Å². The number of hydrogen-bond acceptors (Lipinski definition) is 9. The van der Waals surface area contributed by atoms with Crippen LogP contribution in [0.25, 0.3) is 10.2 Å². The Morgan fingerprint density at radius 2 is 2.04 bits per heavy atom. The van der Waals surface area contributed by atoms with E-state index >= 15 is 0 Å². The number of nitrogens with two attached hydrogens (primary N) is 1. The van der Waals surface area contributed by atoms with Crippen molar-refractivity contribution < 1.29 is 5.11 Å². The average molecular weight is 385 g/mol. The highest BCUT2D eigenvalue weighted by Crippen LogP contribution is 2.32. The maximum Gasteiger partial charge on any atom is 0.189 e. The number of aliphatic hydroxyl groups is 1. The summed E-state index contributed by atoms with van der Waals surface area (Å²) in [6.45, 7) is 6.36. The Morgan fingerprint density at radius 1 is 1.22 bits per heavy atom. The molecular formula is C18H23N7OS. The molecular weight excluding hydrogens is 362 g/mol. The smallest absolute Gasteiger partial charge is 0.189 e. The second-order valence-electron chi connectivity index (χ2n) is 6.63. The number of nitrogens with zero attached hydrogens (tertiary/aromatic N) is 5. The van der Waals surface area contributed by atoms with Crippen molar-refractivity contribution in [3.05, 3.63) is 30.1 Å². The van der Waals surface area contributed by atoms with Gasteiger partial charge in [-0.2, -0.15) is 0 Å². The second-order valence-corrected chi connectivity index (χ2v) is 7.66. The lowest BCUT2D eigenvalue weighted by molar-refractivity contribution is 0.188. The van der Waals surface area contributed by atoms with E-state index in [1.165, 1.54) is 11.9 Å². The average Bonchev–Trinajstić information content (AvgIpc) is 3.06. The van der Waals surface area contributed by atoms with Crippen molar-refractivity contribution in [2.24, 2.45) is 0 Å². The fraction of sp³-hybridized carbons (Fsp3) is 0.389. The van der Waals surface area contributed by atoms with Crippen LogP contribution in [0.4, 0.5) is 22.5 Å². The lowest BCUT2D eigenvalue weighted by Crippen LogP contribution is -2.47. The lowest BCUT2D eigenvalue weighted by atomic mass is 10.2. The van der Waals surface area contributed by atoms with Crippen molar-refractivity contribution in [3.63, 3.8) is 0 Å². The Labute approximate surface area is 161 Å². The fourth-order valence-corrected chi connectivity index (χ4v) is 4.21. The molecule has 3 aromatic rings. The molecule has 9 heteroatoms. The van der Waals surface area contributed by atoms with Crippen LogP contribution in [0.3, 0.4) is 0 Å². The number of nitrogen functional groups attached to an aromatic ring is 1. The first-order valence-electron chi connectivity index (χ1n) is 8.97. The summed E-state index contributed by atoms with van der Waals surface area (Å²) in [5, 5.41) is 13.1. The number of aryl methyl sites for hydroxylation is 1. The Balaban J connectivity index is 1.53. The molecule has 1 fully saturated rings. The first-order chi connectivity index (χ1) is 13.1. The summed E-state index contributed by atoms with van der Waals surface area (Å²) in [4.78, 5) is 17.7. The van der Waals surface area contributed by atoms with E-state index in [0.717, 1.165) is 47.3 Å². The van der Waals surface area contributed by atoms with Gasteiger partial charge < -0.3 is 21.1 Å². The largest absolute Gasteiger partial charge is 0.395 e. The number of anilines is 4. The van der Waals surface area contributed by atoms with E-state index in [4.69, 9.17) is 10.8 Å². The number of rotatable bonds is 5. The lowest BCUT2D eigenvalue weighted by Gasteiger charge is -2.35. The van der Waals surface area contributed by atoms with Crippen molar-refractivity contribution in [2.75, 3.05) is 55.3 Å². The molecule has 0 bridgehead atoms. The van der Waals surface area contributed by atoms with Gasteiger partial charge in [0.05, 0.1) is 16.8 Å². The molecule has 4 N–H and O–H groups in total. The van der Waals surface area contributed by atoms with Gasteiger partial charge in [-0.3, -0.25) is 4.90 Å². The third kappa shape index (κ3) is 3.80. The van der Waals surface area contributed by atoms with Crippen LogP contribution in [0, 0.1) is 6.92 Å². The SMILES string of the molecule is Cc1ccc2nc(Nc3ncnc(N4CCN(CCO)CC4)c3N)sc2c1. The van der Waals surface area contributed by atoms with Crippen LogP contribution in [0.5, 0.6) is 0 Å². The number of nitrogens with one attached hydrogen (secondary N) is 1. The molecule has 142 valence electrons. The van der Waals surface area contributed by atoms with Crippen molar-refractivity contribution in [3.8, 4) is 0 Å². The highest BCUT2D eigenvalue weighted by molar-refractivity contribution is 7.22. The predicted octanol–water partition coefficient (Wildman–Crippen LogP) is 1.83. The Hall–Kier alpha value is -2.49. The molecule has 0 aliphatic carbocycles. The molecule has 1 saturated heterocycles. The molecule has 8 nitrogen and oxygen atoms in total. The van der Waals surface area contributed by atoms with Crippen LogP contribution >= 0.6 is 11.3 Å². The zero-order valence-corrected chi connectivity index (χ0v) is 16.0. The van der Waals surface area contributed by atoms with Gasteiger partial charge in [0.1, 0.15) is 12.0 Å². The normalized spacial score (nSPS) is 15.4. The van der Waals surface area contributed by atoms with Crippen molar-refractivity contribution in [1.82, 2.24) is 19.9 Å². The van der Waals surface area contributed by atoms with Gasteiger partial charge in [-0.25, -0.2) is 15.0 Å². The molecule has 0 radical (unpaired) electrons. The molecule has 1 aliphatic rings. The minimum absolute atomic E-state index is 0.186. The Kier molecular flexibility index (Phi) is 5.06. The first kappa shape index (κ1) is 17.9. The maximum atomic E-state index is 9.08. The van der Waals surface area contributed by atoms with E-state index < -0.39 is 0 Å². The van der Waals surface area contributed by atoms with Crippen molar-refractivity contribution in [1.29, 1.82) is 0 Å². The summed E-state index contributed by atoms with van der Waals surface area (Å²) in [5.41, 5.74) is 9.07. The topological polar surface area (TPSA) is 103 Å². The number of fused-ring (bicyclic) bond motifs is 1. The van der Waals surface area contributed by atoms with Gasteiger partial charge in [0, 0.05) is 32.7 Å². The summed E-state index contributed by atoms with van der Waals surface area (Å²) in [6, 6.07) is 6.20. The first-order valence-corrected chi connectivity index (χ1v) is 9.78. The highest BCUT2D eigenvalue weighted by Gasteiger charge is 2.21. The number of hydrogen-bond donors (Lipinski definition) is 3. The van der Waals surface area contributed by atoms with Gasteiger partial charge in [0.25, 0.3) is 0 Å². The molecule has 4 rings (SSSR count). The maximum absolute atomic E-state index is 9.08. The molecule has 2 aromatic heterocycles. The van der Waals surface area contributed by atoms with Crippen LogP contribution in [0.2, 0.25) is 0 Å². The molecule has 1 aromatic carbocycles. The molecule has 3 heterocycles. The summed E-state index contributed by atoms with van der Waals surface area (Å²) < 4.78 is 1.13. The van der Waals surface area contributed by atoms with Gasteiger partial charge in [-0.15, -0.1) is 0 Å². The standard InChI is InChI=1S/C18H23N7OS/c1-12-2-3-13-14(10-12)27-18(22-13)23-16-15(19)17(21-11-20-16)25-6-4-24(5-7-25)8-9-26/h2-3,10-11,26H,4-9,19H2,1H3,(H,20,21,22,23). The van der Waals surface area contributed by atoms with E-state index in [9.17, 15) is 0 Å². The minimum atomic E-state index is 0.186. The van der Waals surface area contributed by atoms with E-state index in [1.54, 1.807) is 11.3 Å². The molecule has 0 saturated carbocycles. The van der Waals surface area contributed by atoms with Crippen LogP contribution in [-0.2, 0) is 0 Å². The highest BCUT2D eigenvalue weighted by atomic mass is 32.1. The van der Waals surface area contributed by atoms with Crippen molar-refractivity contribution in [2.45, 2.75) is 6.92 Å².